The van der Waals surface area contributed by atoms with Gasteiger partial charge in [-0.3, -0.25) is 9.97 Å². The summed E-state index contributed by atoms with van der Waals surface area (Å²) < 4.78 is 0. The summed E-state index contributed by atoms with van der Waals surface area (Å²) in [5, 5.41) is 7.19. The molecule has 150 valence electrons. The number of nitrogens with zero attached hydrogens (tertiary/aromatic N) is 2. The molecule has 2 N–H and O–H groups in total. The summed E-state index contributed by atoms with van der Waals surface area (Å²) in [7, 11) is 0. The summed E-state index contributed by atoms with van der Waals surface area (Å²) in [6, 6.07) is 24.8. The van der Waals surface area contributed by atoms with Gasteiger partial charge < -0.3 is 10.6 Å². The van der Waals surface area contributed by atoms with Gasteiger partial charge in [-0.05, 0) is 61.4 Å². The molecule has 0 aliphatic rings. The Morgan fingerprint density at radius 3 is 1.43 bits per heavy atom. The van der Waals surface area contributed by atoms with E-state index in [-0.39, 0.29) is 0 Å². The first-order valence-corrected chi connectivity index (χ1v) is 10.2. The zero-order chi connectivity index (χ0) is 20.8. The zero-order valence-electron chi connectivity index (χ0n) is 17.4. The first-order chi connectivity index (χ1) is 14.7. The molecule has 0 atom stereocenters. The van der Waals surface area contributed by atoms with E-state index in [0.717, 1.165) is 22.8 Å². The Kier molecular flexibility index (Phi) is 6.04. The van der Waals surface area contributed by atoms with E-state index in [4.69, 9.17) is 0 Å². The van der Waals surface area contributed by atoms with Gasteiger partial charge in [-0.2, -0.15) is 0 Å². The highest BCUT2D eigenvalue weighted by Crippen LogP contribution is 2.39. The Hall–Kier alpha value is -3.66. The number of benzene rings is 2. The van der Waals surface area contributed by atoms with Crippen LogP contribution < -0.4 is 10.6 Å². The summed E-state index contributed by atoms with van der Waals surface area (Å²) in [4.78, 5) is 8.87. The molecule has 0 amide bonds. The Morgan fingerprint density at radius 1 is 0.567 bits per heavy atom. The van der Waals surface area contributed by atoms with Crippen molar-refractivity contribution in [3.63, 3.8) is 0 Å². The molecule has 4 heteroatoms. The van der Waals surface area contributed by atoms with Gasteiger partial charge in [0.05, 0.1) is 24.5 Å². The minimum absolute atomic E-state index is 0.680. The second-order valence-electron chi connectivity index (χ2n) is 7.34. The van der Waals surface area contributed by atoms with Crippen LogP contribution in [0, 0.1) is 13.8 Å². The van der Waals surface area contributed by atoms with Gasteiger partial charge in [0.1, 0.15) is 0 Å². The lowest BCUT2D eigenvalue weighted by Gasteiger charge is -2.20. The van der Waals surface area contributed by atoms with E-state index in [1.54, 1.807) is 0 Å². The SMILES string of the molecule is Cc1cccc(NCc2ccccn2)c1-c1c(C)cccc1NCc1ccccn1. The van der Waals surface area contributed by atoms with Crippen molar-refractivity contribution in [2.45, 2.75) is 26.9 Å². The number of hydrogen-bond donors (Lipinski definition) is 2. The predicted octanol–water partition coefficient (Wildman–Crippen LogP) is 5.98. The maximum Gasteiger partial charge on any atom is 0.0594 e. The van der Waals surface area contributed by atoms with E-state index in [1.807, 2.05) is 48.8 Å². The van der Waals surface area contributed by atoms with Crippen molar-refractivity contribution in [2.75, 3.05) is 10.6 Å². The van der Waals surface area contributed by atoms with Crippen LogP contribution >= 0.6 is 0 Å². The first kappa shape index (κ1) is 19.6. The van der Waals surface area contributed by atoms with Crippen LogP contribution in [0.2, 0.25) is 0 Å². The number of anilines is 2. The number of nitrogens with one attached hydrogen (secondary N) is 2. The van der Waals surface area contributed by atoms with E-state index in [0.29, 0.717) is 13.1 Å². The largest absolute Gasteiger partial charge is 0.379 e. The maximum absolute atomic E-state index is 4.43. The van der Waals surface area contributed by atoms with Crippen molar-refractivity contribution in [3.05, 3.63) is 108 Å². The molecule has 0 saturated carbocycles. The minimum atomic E-state index is 0.680. The van der Waals surface area contributed by atoms with Crippen LogP contribution in [0.15, 0.2) is 85.2 Å². The van der Waals surface area contributed by atoms with Gasteiger partial charge in [-0.25, -0.2) is 0 Å². The Balaban J connectivity index is 1.67. The Labute approximate surface area is 178 Å². The molecule has 0 aliphatic heterocycles. The van der Waals surface area contributed by atoms with Crippen molar-refractivity contribution in [1.29, 1.82) is 0 Å². The molecule has 4 nitrogen and oxygen atoms in total. The van der Waals surface area contributed by atoms with Gasteiger partial charge in [0, 0.05) is 34.9 Å². The molecular formula is C26H26N4. The van der Waals surface area contributed by atoms with Gasteiger partial charge in [0.25, 0.3) is 0 Å². The number of hydrogen-bond acceptors (Lipinski definition) is 4. The number of aromatic nitrogens is 2. The topological polar surface area (TPSA) is 49.8 Å². The number of aryl methyl sites for hydroxylation is 2. The molecule has 0 saturated heterocycles. The van der Waals surface area contributed by atoms with Crippen LogP contribution in [0.4, 0.5) is 11.4 Å². The van der Waals surface area contributed by atoms with Crippen LogP contribution in [-0.2, 0) is 13.1 Å². The normalized spacial score (nSPS) is 10.6. The molecule has 0 unspecified atom stereocenters. The summed E-state index contributed by atoms with van der Waals surface area (Å²) in [5.41, 5.74) is 9.15. The molecule has 0 aliphatic carbocycles. The summed E-state index contributed by atoms with van der Waals surface area (Å²) in [5.74, 6) is 0. The fourth-order valence-corrected chi connectivity index (χ4v) is 3.67. The van der Waals surface area contributed by atoms with Gasteiger partial charge in [0.2, 0.25) is 0 Å². The van der Waals surface area contributed by atoms with Crippen molar-refractivity contribution in [1.82, 2.24) is 9.97 Å². The van der Waals surface area contributed by atoms with Crippen molar-refractivity contribution in [2.24, 2.45) is 0 Å². The highest BCUT2D eigenvalue weighted by Gasteiger charge is 2.15. The average Bonchev–Trinajstić information content (AvgIpc) is 2.78. The third kappa shape index (κ3) is 4.49. The first-order valence-electron chi connectivity index (χ1n) is 10.2. The second-order valence-corrected chi connectivity index (χ2v) is 7.34. The molecule has 0 bridgehead atoms. The van der Waals surface area contributed by atoms with Gasteiger partial charge in [-0.15, -0.1) is 0 Å². The molecule has 2 heterocycles. The molecular weight excluding hydrogens is 368 g/mol. The molecule has 0 fully saturated rings. The molecule has 4 aromatic rings. The monoisotopic (exact) mass is 394 g/mol. The lowest BCUT2D eigenvalue weighted by Crippen LogP contribution is -2.06. The third-order valence-corrected chi connectivity index (χ3v) is 5.17. The third-order valence-electron chi connectivity index (χ3n) is 5.17. The van der Waals surface area contributed by atoms with Gasteiger partial charge in [0.15, 0.2) is 0 Å². The fraction of sp³-hybridized carbons (Fsp3) is 0.154. The van der Waals surface area contributed by atoms with Crippen LogP contribution in [0.1, 0.15) is 22.5 Å². The van der Waals surface area contributed by atoms with Crippen LogP contribution in [-0.4, -0.2) is 9.97 Å². The van der Waals surface area contributed by atoms with Crippen molar-refractivity contribution >= 4 is 11.4 Å². The average molecular weight is 395 g/mol. The quantitative estimate of drug-likeness (QED) is 0.404. The van der Waals surface area contributed by atoms with Gasteiger partial charge in [-0.1, -0.05) is 36.4 Å². The second kappa shape index (κ2) is 9.23. The van der Waals surface area contributed by atoms with E-state index in [2.05, 4.69) is 70.8 Å². The van der Waals surface area contributed by atoms with Crippen LogP contribution in [0.5, 0.6) is 0 Å². The van der Waals surface area contributed by atoms with Crippen LogP contribution in [0.3, 0.4) is 0 Å². The smallest absolute Gasteiger partial charge is 0.0594 e. The zero-order valence-corrected chi connectivity index (χ0v) is 17.4. The Bertz CT molecular complexity index is 1020. The standard InChI is InChI=1S/C26H26N4/c1-19-9-7-13-23(29-17-21-11-3-5-15-27-21)25(19)26-20(2)10-8-14-24(26)30-18-22-12-4-6-16-28-22/h3-16,29-30H,17-18H2,1-2H3. The van der Waals surface area contributed by atoms with Crippen LogP contribution in [0.25, 0.3) is 11.1 Å². The van der Waals surface area contributed by atoms with E-state index >= 15 is 0 Å². The van der Waals surface area contributed by atoms with Crippen molar-refractivity contribution in [3.8, 4) is 11.1 Å². The molecule has 30 heavy (non-hydrogen) atoms. The fourth-order valence-electron chi connectivity index (χ4n) is 3.67. The summed E-state index contributed by atoms with van der Waals surface area (Å²) in [6.07, 6.45) is 3.66. The molecule has 2 aromatic heterocycles. The molecule has 4 rings (SSSR count). The number of rotatable bonds is 7. The van der Waals surface area contributed by atoms with E-state index < -0.39 is 0 Å². The predicted molar refractivity (Wildman–Crippen MR) is 124 cm³/mol. The highest BCUT2D eigenvalue weighted by molar-refractivity contribution is 5.90. The van der Waals surface area contributed by atoms with Crippen molar-refractivity contribution < 1.29 is 0 Å². The Morgan fingerprint density at radius 2 is 1.03 bits per heavy atom. The maximum atomic E-state index is 4.43. The minimum Gasteiger partial charge on any atom is -0.379 e. The highest BCUT2D eigenvalue weighted by atomic mass is 14.9. The summed E-state index contributed by atoms with van der Waals surface area (Å²) in [6.45, 7) is 5.69. The lowest BCUT2D eigenvalue weighted by atomic mass is 9.93. The number of pyridine rings is 2. The molecule has 0 spiro atoms. The van der Waals surface area contributed by atoms with E-state index in [9.17, 15) is 0 Å². The van der Waals surface area contributed by atoms with Gasteiger partial charge >= 0.3 is 0 Å². The lowest BCUT2D eigenvalue weighted by molar-refractivity contribution is 1.04. The molecule has 2 aromatic carbocycles. The molecule has 0 radical (unpaired) electrons. The summed E-state index contributed by atoms with van der Waals surface area (Å²) >= 11 is 0. The van der Waals surface area contributed by atoms with E-state index in [1.165, 1.54) is 22.3 Å².